The van der Waals surface area contributed by atoms with E-state index < -0.39 is 6.03 Å². The molecule has 0 aliphatic heterocycles. The predicted octanol–water partition coefficient (Wildman–Crippen LogP) is 9.92. The zero-order valence-corrected chi connectivity index (χ0v) is 29.7. The number of aryl methyl sites for hydroxylation is 1. The van der Waals surface area contributed by atoms with Gasteiger partial charge in [0.1, 0.15) is 23.1 Å². The minimum absolute atomic E-state index is 0. The minimum atomic E-state index is -0.400. The lowest BCUT2D eigenvalue weighted by molar-refractivity contribution is 0.262. The summed E-state index contributed by atoms with van der Waals surface area (Å²) in [4.78, 5) is 22.1. The highest BCUT2D eigenvalue weighted by Crippen LogP contribution is 2.35. The number of aromatic nitrogens is 4. The van der Waals surface area contributed by atoms with Crippen molar-refractivity contribution in [3.05, 3.63) is 139 Å². The molecule has 7 N–H and O–H groups in total. The average molecular weight is 725 g/mol. The summed E-state index contributed by atoms with van der Waals surface area (Å²) < 4.78 is 7.93. The number of benzene rings is 5. The molecule has 7 aromatic rings. The molecule has 54 heavy (non-hydrogen) atoms. The van der Waals surface area contributed by atoms with E-state index in [-0.39, 0.29) is 24.3 Å². The van der Waals surface area contributed by atoms with Crippen LogP contribution in [0.3, 0.4) is 0 Å². The molecular formula is C42H44N8O4. The van der Waals surface area contributed by atoms with Gasteiger partial charge < -0.3 is 31.3 Å². The van der Waals surface area contributed by atoms with Gasteiger partial charge in [-0.3, -0.25) is 5.32 Å². The maximum atomic E-state index is 13.4. The summed E-state index contributed by atoms with van der Waals surface area (Å²) in [5.41, 5.74) is 9.87. The summed E-state index contributed by atoms with van der Waals surface area (Å²) in [7, 11) is 0. The van der Waals surface area contributed by atoms with Crippen LogP contribution in [0.25, 0.3) is 16.5 Å². The number of fused-ring (bicyclic) bond motifs is 1. The molecule has 0 aliphatic carbocycles. The smallest absolute Gasteiger partial charge is 0.324 e. The second kappa shape index (κ2) is 16.5. The van der Waals surface area contributed by atoms with Crippen LogP contribution in [0.4, 0.5) is 33.6 Å². The van der Waals surface area contributed by atoms with Crippen molar-refractivity contribution in [2.24, 2.45) is 0 Å². The Bertz CT molecular complexity index is 2330. The number of amides is 2. The van der Waals surface area contributed by atoms with Crippen molar-refractivity contribution in [2.75, 3.05) is 21.7 Å². The summed E-state index contributed by atoms with van der Waals surface area (Å²) in [6, 6.07) is 35.5. The van der Waals surface area contributed by atoms with Gasteiger partial charge in [0.2, 0.25) is 11.8 Å². The number of nitrogens with zero attached hydrogens (tertiary/aromatic N) is 4. The van der Waals surface area contributed by atoms with Gasteiger partial charge in [-0.1, -0.05) is 76.2 Å². The fourth-order valence-corrected chi connectivity index (χ4v) is 5.23. The third-order valence-corrected chi connectivity index (χ3v) is 7.97. The summed E-state index contributed by atoms with van der Waals surface area (Å²) in [5, 5.41) is 33.8. The second-order valence-electron chi connectivity index (χ2n) is 13.2. The molecule has 12 heteroatoms. The molecule has 0 aliphatic rings. The molecule has 0 saturated carbocycles. The Morgan fingerprint density at radius 1 is 0.796 bits per heavy atom. The van der Waals surface area contributed by atoms with Crippen molar-refractivity contribution < 1.29 is 19.7 Å². The predicted molar refractivity (Wildman–Crippen MR) is 216 cm³/mol. The summed E-state index contributed by atoms with van der Waals surface area (Å²) in [6.45, 7) is 8.29. The van der Waals surface area contributed by atoms with E-state index >= 15 is 0 Å². The number of carbonyl (C=O) groups excluding carboxylic acids is 1. The lowest BCUT2D eigenvalue weighted by Gasteiger charge is -2.14. The van der Waals surface area contributed by atoms with Crippen molar-refractivity contribution in [3.63, 3.8) is 0 Å². The highest BCUT2D eigenvalue weighted by Gasteiger charge is 2.22. The Morgan fingerprint density at radius 2 is 1.52 bits per heavy atom. The zero-order chi connectivity index (χ0) is 37.5. The highest BCUT2D eigenvalue weighted by molar-refractivity contribution is 6.07. The first kappa shape index (κ1) is 38.2. The average Bonchev–Trinajstić information content (AvgIpc) is 3.55. The number of nitrogens with one attached hydrogen (secondary N) is 3. The fraction of sp³-hybridized carbons (Fsp3) is 0.143. The van der Waals surface area contributed by atoms with Crippen LogP contribution in [0.5, 0.6) is 23.1 Å². The van der Waals surface area contributed by atoms with E-state index in [0.29, 0.717) is 34.8 Å². The Morgan fingerprint density at radius 3 is 2.19 bits per heavy atom. The number of urea groups is 1. The molecule has 2 aromatic heterocycles. The number of hydrogen-bond acceptors (Lipinski definition) is 9. The normalized spacial score (nSPS) is 10.7. The Kier molecular flexibility index (Phi) is 11.7. The molecule has 0 bridgehead atoms. The van der Waals surface area contributed by atoms with Crippen LogP contribution in [0.1, 0.15) is 39.5 Å². The van der Waals surface area contributed by atoms with Crippen LogP contribution in [-0.4, -0.2) is 36.0 Å². The van der Waals surface area contributed by atoms with Crippen LogP contribution in [0.2, 0.25) is 0 Å². The molecule has 2 amide bonds. The van der Waals surface area contributed by atoms with Crippen LogP contribution < -0.4 is 26.4 Å². The minimum Gasteiger partial charge on any atom is -0.508 e. The quantitative estimate of drug-likeness (QED) is 0.0691. The van der Waals surface area contributed by atoms with Gasteiger partial charge in [0.05, 0.1) is 17.1 Å². The summed E-state index contributed by atoms with van der Waals surface area (Å²) in [6.07, 6.45) is 1.60. The third kappa shape index (κ3) is 9.62. The standard InChI is InChI=1S/C35H33N7O3.C6H7NO.CH4/c1-22-9-13-24(14-10-22)42-31(21-30(41-42)35(2,3)4)39-34(44)38-28-17-18-29(27-8-6-5-7-26(27)28)45-32-19-20-36-33(40-32)37-23-11-15-25(43)16-12-23;7-5-2-1-3-6(8)4-5;/h5-21,43H,1-4H3,(H,36,37,40)(H2,38,39,44);1-4,8H,7H2;1H4. The lowest BCUT2D eigenvalue weighted by Crippen LogP contribution is -2.21. The molecule has 0 saturated heterocycles. The number of nitrogens with two attached hydrogens (primary N) is 1. The van der Waals surface area contributed by atoms with Crippen molar-refractivity contribution in [1.29, 1.82) is 0 Å². The molecule has 5 aromatic carbocycles. The summed E-state index contributed by atoms with van der Waals surface area (Å²) in [5.74, 6) is 2.20. The first-order chi connectivity index (χ1) is 25.4. The van der Waals surface area contributed by atoms with Gasteiger partial charge in [-0.15, -0.1) is 0 Å². The maximum absolute atomic E-state index is 13.4. The zero-order valence-electron chi connectivity index (χ0n) is 29.7. The van der Waals surface area contributed by atoms with E-state index in [1.54, 1.807) is 71.5 Å². The molecule has 0 fully saturated rings. The SMILES string of the molecule is C.Cc1ccc(-n2nc(C(C)(C)C)cc2NC(=O)Nc2ccc(Oc3ccnc(Nc4ccc(O)cc4)n3)c3ccccc23)cc1.Nc1cccc(O)c1. The van der Waals surface area contributed by atoms with E-state index in [0.717, 1.165) is 33.4 Å². The molecule has 276 valence electrons. The van der Waals surface area contributed by atoms with Gasteiger partial charge in [-0.05, 0) is 67.6 Å². The topological polar surface area (TPSA) is 172 Å². The number of aromatic hydroxyl groups is 2. The van der Waals surface area contributed by atoms with Gasteiger partial charge in [-0.25, -0.2) is 14.5 Å². The van der Waals surface area contributed by atoms with E-state index in [1.165, 1.54) is 6.07 Å². The Hall–Kier alpha value is -7.08. The number of phenols is 2. The maximum Gasteiger partial charge on any atom is 0.324 e. The monoisotopic (exact) mass is 724 g/mol. The van der Waals surface area contributed by atoms with Crippen LogP contribution in [0.15, 0.2) is 128 Å². The second-order valence-corrected chi connectivity index (χ2v) is 13.2. The van der Waals surface area contributed by atoms with Gasteiger partial charge in [-0.2, -0.15) is 10.1 Å². The van der Waals surface area contributed by atoms with Crippen molar-refractivity contribution in [1.82, 2.24) is 19.7 Å². The molecule has 0 spiro atoms. The molecule has 12 nitrogen and oxygen atoms in total. The van der Waals surface area contributed by atoms with Crippen LogP contribution in [0, 0.1) is 6.92 Å². The van der Waals surface area contributed by atoms with Crippen molar-refractivity contribution >= 4 is 45.6 Å². The van der Waals surface area contributed by atoms with Crippen molar-refractivity contribution in [3.8, 4) is 28.8 Å². The molecule has 0 radical (unpaired) electrons. The fourth-order valence-electron chi connectivity index (χ4n) is 5.23. The lowest BCUT2D eigenvalue weighted by atomic mass is 9.92. The molecule has 0 unspecified atom stereocenters. The number of nitrogen functional groups attached to an aromatic ring is 1. The summed E-state index contributed by atoms with van der Waals surface area (Å²) >= 11 is 0. The number of carbonyl (C=O) groups is 1. The van der Waals surface area contributed by atoms with Gasteiger partial charge in [0.25, 0.3) is 0 Å². The number of hydrogen-bond donors (Lipinski definition) is 6. The third-order valence-electron chi connectivity index (χ3n) is 7.97. The highest BCUT2D eigenvalue weighted by atomic mass is 16.5. The number of anilines is 5. The molecule has 2 heterocycles. The van der Waals surface area contributed by atoms with E-state index in [2.05, 4.69) is 46.7 Å². The van der Waals surface area contributed by atoms with Gasteiger partial charge in [0, 0.05) is 52.0 Å². The van der Waals surface area contributed by atoms with Crippen LogP contribution >= 0.6 is 0 Å². The Labute approximate surface area is 314 Å². The number of phenolic OH excluding ortho intramolecular Hbond substituents is 2. The van der Waals surface area contributed by atoms with E-state index in [1.807, 2.05) is 61.5 Å². The van der Waals surface area contributed by atoms with E-state index in [9.17, 15) is 9.90 Å². The largest absolute Gasteiger partial charge is 0.508 e. The van der Waals surface area contributed by atoms with E-state index in [4.69, 9.17) is 20.7 Å². The van der Waals surface area contributed by atoms with Gasteiger partial charge in [0.15, 0.2) is 0 Å². The number of ether oxygens (including phenoxy) is 1. The number of rotatable bonds is 7. The molecule has 0 atom stereocenters. The Balaban J connectivity index is 0.000000554. The molecular weight excluding hydrogens is 681 g/mol. The first-order valence-electron chi connectivity index (χ1n) is 16.8. The van der Waals surface area contributed by atoms with Crippen LogP contribution in [-0.2, 0) is 5.41 Å². The molecule has 7 rings (SSSR count). The van der Waals surface area contributed by atoms with Gasteiger partial charge >= 0.3 is 6.03 Å². The van der Waals surface area contributed by atoms with Crippen molar-refractivity contribution in [2.45, 2.75) is 40.5 Å². The first-order valence-corrected chi connectivity index (χ1v) is 16.8.